The number of halogens is 10. The van der Waals surface area contributed by atoms with E-state index in [1.807, 2.05) is 104 Å². The largest absolute Gasteiger partial charge is 0.481 e. The van der Waals surface area contributed by atoms with Crippen molar-refractivity contribution in [3.05, 3.63) is 71.1 Å². The number of nitrogens with one attached hydrogen (secondary N) is 1. The van der Waals surface area contributed by atoms with Gasteiger partial charge in [0.1, 0.15) is 78.2 Å². The molecule has 97 heavy (non-hydrogen) atoms. The fourth-order valence-electron chi connectivity index (χ4n) is 8.80. The van der Waals surface area contributed by atoms with Crippen molar-refractivity contribution >= 4 is 215 Å². The van der Waals surface area contributed by atoms with Gasteiger partial charge in [0.15, 0.2) is 6.29 Å². The second-order valence-electron chi connectivity index (χ2n) is 24.0. The number of carbonyl (C=O) groups excluding carboxylic acids is 4. The molecule has 3 aromatic heterocycles. The van der Waals surface area contributed by atoms with Crippen molar-refractivity contribution in [3.8, 4) is 0 Å². The summed E-state index contributed by atoms with van der Waals surface area (Å²) in [5, 5.41) is 33.0. The van der Waals surface area contributed by atoms with Gasteiger partial charge < -0.3 is 44.0 Å². The summed E-state index contributed by atoms with van der Waals surface area (Å²) < 4.78 is 45.6. The summed E-state index contributed by atoms with van der Waals surface area (Å²) in [4.78, 5) is 82.6. The molecule has 0 fully saturated rings. The first-order chi connectivity index (χ1) is 45.1. The molecule has 3 N–H and O–H groups in total. The van der Waals surface area contributed by atoms with Crippen LogP contribution in [0.2, 0.25) is 0 Å². The van der Waals surface area contributed by atoms with Gasteiger partial charge in [-0.3, -0.25) is 39.2 Å². The number of aliphatic carboxylic acids is 2. The second-order valence-corrected chi connectivity index (χ2v) is 31.9. The maximum atomic E-state index is 12.4. The number of aromatic nitrogens is 6. The number of alkyl carbamates (subject to hydrolysis) is 1. The third-order valence-electron chi connectivity index (χ3n) is 13.1. The number of carboxylic acids is 2. The van der Waals surface area contributed by atoms with Crippen molar-refractivity contribution < 1.29 is 67.4 Å². The van der Waals surface area contributed by atoms with Gasteiger partial charge in [-0.1, -0.05) is 31.9 Å². The number of nitrogens with zero attached hydrogens (tertiary/aromatic N) is 11. The number of aldehydes is 1. The summed E-state index contributed by atoms with van der Waals surface area (Å²) >= 11 is 33.5. The molecule has 3 unspecified atom stereocenters. The van der Waals surface area contributed by atoms with Gasteiger partial charge in [0, 0.05) is 83.5 Å². The Morgan fingerprint density at radius 1 is 0.546 bits per heavy atom. The molecule has 3 atom stereocenters. The maximum absolute atomic E-state index is 12.4. The molecule has 5 aliphatic heterocycles. The number of amides is 3. The van der Waals surface area contributed by atoms with Crippen LogP contribution in [0.15, 0.2) is 69.4 Å². The molecule has 36 heteroatoms. The van der Waals surface area contributed by atoms with Crippen LogP contribution in [-0.4, -0.2) is 171 Å². The van der Waals surface area contributed by atoms with Crippen molar-refractivity contribution in [1.82, 2.24) is 39.6 Å². The van der Waals surface area contributed by atoms with Crippen LogP contribution in [-0.2, 0) is 62.1 Å². The van der Waals surface area contributed by atoms with Crippen LogP contribution < -0.4 is 10.2 Å². The number of carboxylic acid groups (broad SMARTS) is 2. The van der Waals surface area contributed by atoms with E-state index in [1.54, 1.807) is 23.8 Å². The number of hydrogen-bond acceptors (Lipinski definition) is 18. The fraction of sp³-hybridized carbons (Fsp3) is 0.607. The molecule has 0 saturated heterocycles. The number of aliphatic imine (C=N–C) groups is 3. The molecule has 0 saturated carbocycles. The number of hydrogen-bond donors (Lipinski definition) is 3. The van der Waals surface area contributed by atoms with Gasteiger partial charge in [-0.05, 0) is 269 Å². The molecule has 3 amide bonds. The highest BCUT2D eigenvalue weighted by Gasteiger charge is 2.37. The molecule has 0 aliphatic carbocycles. The monoisotopic (exact) mass is 2000 g/mol. The standard InChI is InChI=1S/C14H23Br2N3O3.C14H22BrN3O3.C11H15BrN2O2.C10H14Br2N2O3.C7H7Br2NO2.C5H3Br2NO/c1-6-21-9(2)19-12(16)10(11(15)18-19)7-8-17-13(20)22-14(3,4)5;1-6-20-9(2)18-12-10(11(15)16-18)7-8-17(12)13(19)21-14(3,4)5;1-11(2,3)16-10(15)14-5-4-7-8(14)6-13-9(7)12;1-3-17-6(2)14-10(12)7(9(11)13-14)4-5-8(15)16;8-5-3-10-7(9)4(5)1-2-6(11)12;6-4-1-8-5(7)3(4)2-9/h9H,6-8H2,1-5H3,(H,17,20);9H,6-8H2,1-5H3;4-6H2,1-3H3;6H,3-5H2,1-2H3,(H,15,16);1-3H2,(H,11,12);2H,1H2. The Hall–Kier alpha value is -3.04. The Kier molecular flexibility index (Phi) is 37.5. The minimum atomic E-state index is -0.825. The first-order valence-corrected chi connectivity index (χ1v) is 38.5. The molecule has 26 nitrogen and oxygen atoms in total. The zero-order chi connectivity index (χ0) is 73.6. The topological polar surface area (TPSA) is 307 Å². The normalized spacial score (nSPS) is 15.7. The first kappa shape index (κ1) is 88.2. The van der Waals surface area contributed by atoms with Crippen molar-refractivity contribution in [2.75, 3.05) is 64.0 Å². The van der Waals surface area contributed by atoms with Gasteiger partial charge in [0.25, 0.3) is 0 Å². The Morgan fingerprint density at radius 3 is 1.41 bits per heavy atom. The lowest BCUT2D eigenvalue weighted by atomic mass is 10.1. The van der Waals surface area contributed by atoms with E-state index in [1.165, 1.54) is 0 Å². The summed E-state index contributed by atoms with van der Waals surface area (Å²) in [6.07, 6.45) is 2.57. The molecular weight excluding hydrogens is 1920 g/mol. The van der Waals surface area contributed by atoms with Crippen molar-refractivity contribution in [1.29, 1.82) is 0 Å². The van der Waals surface area contributed by atoms with Crippen LogP contribution in [0.4, 0.5) is 20.2 Å². The predicted octanol–water partition coefficient (Wildman–Crippen LogP) is 17.1. The molecule has 0 aromatic carbocycles. The number of allylic oxidation sites excluding steroid dienone is 2. The average molecular weight is 2010 g/mol. The van der Waals surface area contributed by atoms with E-state index in [0.717, 1.165) is 95.1 Å². The Labute approximate surface area is 650 Å². The molecule has 0 bridgehead atoms. The van der Waals surface area contributed by atoms with E-state index < -0.39 is 34.8 Å². The number of fused-ring (bicyclic) bond motifs is 1. The van der Waals surface area contributed by atoms with Crippen molar-refractivity contribution in [3.63, 3.8) is 0 Å². The summed E-state index contributed by atoms with van der Waals surface area (Å²) in [5.41, 5.74) is 5.10. The minimum Gasteiger partial charge on any atom is -0.481 e. The molecule has 0 spiro atoms. The van der Waals surface area contributed by atoms with Gasteiger partial charge in [0.2, 0.25) is 0 Å². The van der Waals surface area contributed by atoms with E-state index in [-0.39, 0.29) is 43.7 Å². The fourth-order valence-corrected chi connectivity index (χ4v) is 15.5. The zero-order valence-corrected chi connectivity index (χ0v) is 72.5. The summed E-state index contributed by atoms with van der Waals surface area (Å²) in [7, 11) is 0. The summed E-state index contributed by atoms with van der Waals surface area (Å²) in [6, 6.07) is 0. The van der Waals surface area contributed by atoms with Crippen LogP contribution in [0.3, 0.4) is 0 Å². The third-order valence-corrected chi connectivity index (χ3v) is 20.2. The predicted molar refractivity (Wildman–Crippen MR) is 408 cm³/mol. The molecule has 5 aliphatic rings. The first-order valence-electron chi connectivity index (χ1n) is 30.5. The third kappa shape index (κ3) is 28.6. The van der Waals surface area contributed by atoms with Gasteiger partial charge in [0.05, 0.1) is 30.9 Å². The molecule has 8 heterocycles. The molecule has 0 radical (unpaired) electrons. The Morgan fingerprint density at radius 2 is 0.979 bits per heavy atom. The lowest BCUT2D eigenvalue weighted by Crippen LogP contribution is -2.37. The second kappa shape index (κ2) is 41.3. The van der Waals surface area contributed by atoms with E-state index in [9.17, 15) is 28.8 Å². The summed E-state index contributed by atoms with van der Waals surface area (Å²) in [5.74, 6) is -0.846. The van der Waals surface area contributed by atoms with Gasteiger partial charge in [-0.2, -0.15) is 15.3 Å². The molecular formula is C61H84Br10N12O14. The Bertz CT molecular complexity index is 3450. The highest BCUT2D eigenvalue weighted by molar-refractivity contribution is 9.19. The van der Waals surface area contributed by atoms with Crippen LogP contribution in [0.5, 0.6) is 0 Å². The lowest BCUT2D eigenvalue weighted by molar-refractivity contribution is -0.137. The van der Waals surface area contributed by atoms with E-state index >= 15 is 0 Å². The highest BCUT2D eigenvalue weighted by Crippen LogP contribution is 2.38. The smallest absolute Gasteiger partial charge is 0.416 e. The zero-order valence-electron chi connectivity index (χ0n) is 56.6. The van der Waals surface area contributed by atoms with Crippen LogP contribution in [0.1, 0.15) is 165 Å². The number of carbonyl (C=O) groups is 6. The van der Waals surface area contributed by atoms with Crippen molar-refractivity contribution in [2.24, 2.45) is 15.0 Å². The quantitative estimate of drug-likeness (QED) is 0.0742. The van der Waals surface area contributed by atoms with Crippen LogP contribution in [0.25, 0.3) is 0 Å². The number of rotatable bonds is 19. The maximum Gasteiger partial charge on any atom is 0.416 e. The van der Waals surface area contributed by atoms with Crippen molar-refractivity contribution in [2.45, 2.75) is 184 Å². The Balaban J connectivity index is 0.000000309. The van der Waals surface area contributed by atoms with E-state index in [0.29, 0.717) is 93.1 Å². The van der Waals surface area contributed by atoms with Gasteiger partial charge in [-0.25, -0.2) is 28.4 Å². The molecule has 8 rings (SSSR count). The minimum absolute atomic E-state index is 0.0753. The van der Waals surface area contributed by atoms with Gasteiger partial charge in [-0.15, -0.1) is 0 Å². The van der Waals surface area contributed by atoms with E-state index in [4.69, 9.17) is 38.6 Å². The van der Waals surface area contributed by atoms with Crippen LogP contribution in [0, 0.1) is 0 Å². The van der Waals surface area contributed by atoms with Crippen LogP contribution >= 0.6 is 159 Å². The average Bonchev–Trinajstić information content (AvgIpc) is 1.59. The SMILES string of the molecule is CC(C)(C)OC(=O)N1CCC2=C1CN=C2Br.CCOC(C)n1nc(Br)c(CCC(=O)O)c1Br.CCOC(C)n1nc(Br)c(CCNC(=O)OC(C)(C)C)c1Br.CCOC(C)n1nc(Br)c2c1N(C(=O)OC(C)(C)C)CC2.O=C(O)CCC1=C(Br)CN=C1Br.O=CC1=C(Br)CN=C1Br. The molecule has 542 valence electrons. The number of ether oxygens (including phenoxy) is 6. The number of anilines is 1. The van der Waals surface area contributed by atoms with E-state index in [2.05, 4.69) is 195 Å². The van der Waals surface area contributed by atoms with Gasteiger partial charge >= 0.3 is 30.2 Å². The summed E-state index contributed by atoms with van der Waals surface area (Å²) in [6.45, 7) is 33.5. The molecule has 3 aromatic rings. The lowest BCUT2D eigenvalue weighted by Gasteiger charge is -2.26. The highest BCUT2D eigenvalue weighted by atomic mass is 79.9.